The van der Waals surface area contributed by atoms with Gasteiger partial charge in [0.15, 0.2) is 11.5 Å². The zero-order valence-corrected chi connectivity index (χ0v) is 18.6. The van der Waals surface area contributed by atoms with Gasteiger partial charge in [-0.3, -0.25) is 9.59 Å². The predicted octanol–water partition coefficient (Wildman–Crippen LogP) is 2.74. The molecular formula is C24H29FN2O5. The van der Waals surface area contributed by atoms with Crippen LogP contribution in [0.5, 0.6) is 11.5 Å². The van der Waals surface area contributed by atoms with Crippen molar-refractivity contribution in [3.63, 3.8) is 0 Å². The van der Waals surface area contributed by atoms with Gasteiger partial charge in [-0.2, -0.15) is 0 Å². The maximum Gasteiger partial charge on any atom is 0.248 e. The third-order valence-corrected chi connectivity index (χ3v) is 5.68. The minimum Gasteiger partial charge on any atom is -0.493 e. The molecule has 0 radical (unpaired) electrons. The van der Waals surface area contributed by atoms with Crippen molar-refractivity contribution >= 4 is 11.8 Å². The van der Waals surface area contributed by atoms with E-state index in [-0.39, 0.29) is 36.7 Å². The molecular weight excluding hydrogens is 415 g/mol. The van der Waals surface area contributed by atoms with E-state index in [4.69, 9.17) is 14.2 Å². The van der Waals surface area contributed by atoms with Gasteiger partial charge in [0.25, 0.3) is 0 Å². The summed E-state index contributed by atoms with van der Waals surface area (Å²) in [6.45, 7) is 0.961. The van der Waals surface area contributed by atoms with Crippen molar-refractivity contribution < 1.29 is 28.2 Å². The molecule has 2 amide bonds. The van der Waals surface area contributed by atoms with Crippen molar-refractivity contribution in [3.8, 4) is 11.5 Å². The van der Waals surface area contributed by atoms with E-state index in [1.807, 2.05) is 18.2 Å². The fourth-order valence-electron chi connectivity index (χ4n) is 4.04. The molecule has 2 unspecified atom stereocenters. The number of halogens is 1. The van der Waals surface area contributed by atoms with E-state index in [1.54, 1.807) is 31.3 Å². The van der Waals surface area contributed by atoms with Gasteiger partial charge in [-0.05, 0) is 41.8 Å². The summed E-state index contributed by atoms with van der Waals surface area (Å²) in [5, 5.41) is 2.88. The molecule has 1 heterocycles. The van der Waals surface area contributed by atoms with Crippen LogP contribution in [0.1, 0.15) is 23.5 Å². The van der Waals surface area contributed by atoms with Gasteiger partial charge in [-0.1, -0.05) is 18.2 Å². The van der Waals surface area contributed by atoms with Crippen LogP contribution in [0.2, 0.25) is 0 Å². The lowest BCUT2D eigenvalue weighted by Gasteiger charge is -2.37. The highest BCUT2D eigenvalue weighted by Crippen LogP contribution is 2.36. The molecule has 0 aromatic heterocycles. The Labute approximate surface area is 187 Å². The topological polar surface area (TPSA) is 77.1 Å². The van der Waals surface area contributed by atoms with Crippen LogP contribution in [-0.4, -0.2) is 57.7 Å². The molecule has 1 aliphatic heterocycles. The fraction of sp³-hybridized carbons (Fsp3) is 0.417. The zero-order valence-electron chi connectivity index (χ0n) is 18.6. The van der Waals surface area contributed by atoms with Crippen LogP contribution in [-0.2, 0) is 20.9 Å². The number of rotatable bonds is 8. The minimum absolute atomic E-state index is 0.0454. The normalized spacial score (nSPS) is 18.2. The number of carbonyl (C=O) groups excluding carboxylic acids is 2. The van der Waals surface area contributed by atoms with Crippen LogP contribution in [0, 0.1) is 11.7 Å². The van der Waals surface area contributed by atoms with Crippen LogP contribution in [0.3, 0.4) is 0 Å². The number of amides is 2. The summed E-state index contributed by atoms with van der Waals surface area (Å²) >= 11 is 0. The fourth-order valence-corrected chi connectivity index (χ4v) is 4.04. The summed E-state index contributed by atoms with van der Waals surface area (Å²) in [4.78, 5) is 27.2. The van der Waals surface area contributed by atoms with E-state index in [9.17, 15) is 14.0 Å². The zero-order chi connectivity index (χ0) is 23.1. The lowest BCUT2D eigenvalue weighted by atomic mass is 9.83. The molecule has 2 aromatic carbocycles. The Hall–Kier alpha value is -3.13. The van der Waals surface area contributed by atoms with Gasteiger partial charge in [-0.25, -0.2) is 4.39 Å². The second-order valence-corrected chi connectivity index (χ2v) is 7.82. The van der Waals surface area contributed by atoms with Crippen molar-refractivity contribution in [3.05, 3.63) is 59.4 Å². The van der Waals surface area contributed by atoms with Gasteiger partial charge >= 0.3 is 0 Å². The van der Waals surface area contributed by atoms with Gasteiger partial charge in [0.1, 0.15) is 12.4 Å². The standard InChI is InChI=1S/C24H29FN2O5/c1-30-15-23(28)27-13-18(17-7-8-21(31-2)22(11-17)32-3)10-19(14-27)24(29)26-12-16-5-4-6-20(25)9-16/h4-9,11,18-19H,10,12-15H2,1-3H3,(H,26,29). The number of piperidine rings is 1. The second-order valence-electron chi connectivity index (χ2n) is 7.82. The molecule has 8 heteroatoms. The van der Waals surface area contributed by atoms with E-state index in [0.717, 1.165) is 5.56 Å². The maximum absolute atomic E-state index is 13.4. The van der Waals surface area contributed by atoms with Gasteiger partial charge in [0, 0.05) is 32.7 Å². The van der Waals surface area contributed by atoms with Gasteiger partial charge in [0.2, 0.25) is 11.8 Å². The number of ether oxygens (including phenoxy) is 3. The van der Waals surface area contributed by atoms with E-state index in [1.165, 1.54) is 19.2 Å². The monoisotopic (exact) mass is 444 g/mol. The predicted molar refractivity (Wildman–Crippen MR) is 117 cm³/mol. The number of carbonyl (C=O) groups is 2. The smallest absolute Gasteiger partial charge is 0.248 e. The van der Waals surface area contributed by atoms with Crippen LogP contribution in [0.25, 0.3) is 0 Å². The molecule has 1 fully saturated rings. The summed E-state index contributed by atoms with van der Waals surface area (Å²) in [6, 6.07) is 11.7. The Morgan fingerprint density at radius 3 is 2.53 bits per heavy atom. The molecule has 1 N–H and O–H groups in total. The van der Waals surface area contributed by atoms with Gasteiger partial charge < -0.3 is 24.4 Å². The molecule has 0 bridgehead atoms. The van der Waals surface area contributed by atoms with E-state index < -0.39 is 5.92 Å². The number of hydrogen-bond acceptors (Lipinski definition) is 5. The number of hydrogen-bond donors (Lipinski definition) is 1. The van der Waals surface area contributed by atoms with E-state index >= 15 is 0 Å². The number of nitrogens with zero attached hydrogens (tertiary/aromatic N) is 1. The van der Waals surface area contributed by atoms with Crippen molar-refractivity contribution in [1.29, 1.82) is 0 Å². The first-order valence-corrected chi connectivity index (χ1v) is 10.5. The molecule has 1 aliphatic rings. The summed E-state index contributed by atoms with van der Waals surface area (Å²) in [6.07, 6.45) is 0.571. The summed E-state index contributed by atoms with van der Waals surface area (Å²) in [7, 11) is 4.61. The third-order valence-electron chi connectivity index (χ3n) is 5.68. The highest BCUT2D eigenvalue weighted by Gasteiger charge is 2.34. The largest absolute Gasteiger partial charge is 0.493 e. The highest BCUT2D eigenvalue weighted by atomic mass is 19.1. The van der Waals surface area contributed by atoms with E-state index in [0.29, 0.717) is 36.6 Å². The van der Waals surface area contributed by atoms with Crippen LogP contribution < -0.4 is 14.8 Å². The van der Waals surface area contributed by atoms with Gasteiger partial charge in [-0.15, -0.1) is 0 Å². The molecule has 0 aliphatic carbocycles. The van der Waals surface area contributed by atoms with Crippen molar-refractivity contribution in [2.24, 2.45) is 5.92 Å². The minimum atomic E-state index is -0.406. The van der Waals surface area contributed by atoms with Crippen molar-refractivity contribution in [2.45, 2.75) is 18.9 Å². The van der Waals surface area contributed by atoms with Crippen LogP contribution in [0.15, 0.2) is 42.5 Å². The molecule has 1 saturated heterocycles. The number of benzene rings is 2. The lowest BCUT2D eigenvalue weighted by Crippen LogP contribution is -2.48. The van der Waals surface area contributed by atoms with E-state index in [2.05, 4.69) is 5.32 Å². The first-order chi connectivity index (χ1) is 15.4. The summed E-state index contributed by atoms with van der Waals surface area (Å²) in [5.74, 6) is 0.0567. The maximum atomic E-state index is 13.4. The Balaban J connectivity index is 1.77. The second kappa shape index (κ2) is 10.9. The number of likely N-dealkylation sites (tertiary alicyclic amines) is 1. The van der Waals surface area contributed by atoms with Crippen LogP contribution >= 0.6 is 0 Å². The number of nitrogens with one attached hydrogen (secondary N) is 1. The Bertz CT molecular complexity index is 952. The molecule has 0 spiro atoms. The third kappa shape index (κ3) is 5.76. The Morgan fingerprint density at radius 1 is 1.06 bits per heavy atom. The average molecular weight is 445 g/mol. The first-order valence-electron chi connectivity index (χ1n) is 10.5. The SMILES string of the molecule is COCC(=O)N1CC(C(=O)NCc2cccc(F)c2)CC(c2ccc(OC)c(OC)c2)C1. The molecule has 3 rings (SSSR count). The molecule has 172 valence electrons. The Morgan fingerprint density at radius 2 is 1.84 bits per heavy atom. The summed E-state index contributed by atoms with van der Waals surface area (Å²) in [5.41, 5.74) is 1.64. The molecule has 0 saturated carbocycles. The Kier molecular flexibility index (Phi) is 8.05. The molecule has 2 atom stereocenters. The molecule has 7 nitrogen and oxygen atoms in total. The number of methoxy groups -OCH3 is 3. The molecule has 32 heavy (non-hydrogen) atoms. The quantitative estimate of drug-likeness (QED) is 0.678. The van der Waals surface area contributed by atoms with Crippen LogP contribution in [0.4, 0.5) is 4.39 Å². The lowest BCUT2D eigenvalue weighted by molar-refractivity contribution is -0.139. The average Bonchev–Trinajstić information content (AvgIpc) is 2.82. The summed E-state index contributed by atoms with van der Waals surface area (Å²) < 4.78 is 29.2. The first kappa shape index (κ1) is 23.5. The van der Waals surface area contributed by atoms with Crippen molar-refractivity contribution in [2.75, 3.05) is 41.0 Å². The highest BCUT2D eigenvalue weighted by molar-refractivity contribution is 5.82. The molecule has 2 aromatic rings. The van der Waals surface area contributed by atoms with Gasteiger partial charge in [0.05, 0.1) is 20.1 Å². The van der Waals surface area contributed by atoms with Crippen molar-refractivity contribution in [1.82, 2.24) is 10.2 Å².